The molecule has 0 saturated heterocycles. The number of nitrogens with one attached hydrogen (secondary N) is 2. The predicted octanol–water partition coefficient (Wildman–Crippen LogP) is 8.05. The summed E-state index contributed by atoms with van der Waals surface area (Å²) in [6.07, 6.45) is 1.13. The number of ketones is 1. The average molecular weight is 579 g/mol. The Morgan fingerprint density at radius 3 is 2.29 bits per heavy atom. The highest BCUT2D eigenvalue weighted by Gasteiger charge is 2.28. The Hall–Kier alpha value is -4.27. The van der Waals surface area contributed by atoms with E-state index in [1.165, 1.54) is 37.3 Å². The van der Waals surface area contributed by atoms with Gasteiger partial charge in [0.15, 0.2) is 0 Å². The second-order valence-corrected chi connectivity index (χ2v) is 11.8. The lowest BCUT2D eigenvalue weighted by atomic mass is 9.99. The molecular formula is C33H36F2N2O5. The molecule has 0 heterocycles. The number of carbonyl (C=O) groups excluding carboxylic acids is 3. The van der Waals surface area contributed by atoms with Crippen LogP contribution in [0.5, 0.6) is 11.5 Å². The fraction of sp³-hybridized carbons (Fsp3) is 0.364. The van der Waals surface area contributed by atoms with Gasteiger partial charge in [-0.2, -0.15) is 0 Å². The molecule has 1 aliphatic carbocycles. The molecule has 1 unspecified atom stereocenters. The van der Waals surface area contributed by atoms with Crippen molar-refractivity contribution in [2.24, 2.45) is 0 Å². The summed E-state index contributed by atoms with van der Waals surface area (Å²) in [5.74, 6) is -0.690. The van der Waals surface area contributed by atoms with Gasteiger partial charge in [-0.3, -0.25) is 9.59 Å². The van der Waals surface area contributed by atoms with E-state index in [1.54, 1.807) is 33.8 Å². The minimum atomic E-state index is -1.02. The molecule has 0 bridgehead atoms. The van der Waals surface area contributed by atoms with Crippen LogP contribution in [-0.2, 0) is 9.53 Å². The lowest BCUT2D eigenvalue weighted by Gasteiger charge is -2.24. The first-order valence-corrected chi connectivity index (χ1v) is 13.9. The number of hydrogen-bond donors (Lipinski definition) is 2. The molecule has 3 aromatic carbocycles. The van der Waals surface area contributed by atoms with Gasteiger partial charge in [-0.05, 0) is 126 Å². The molecule has 2 amide bonds. The SMILES string of the molecule is CC(=O)CC(NC(=O)OC(C)(C)C)c1cc(NC(=O)c2cc(C)c(C3CC3)cc2Oc2ccc(F)cc2C)ccc1F. The Morgan fingerprint density at radius 1 is 0.952 bits per heavy atom. The van der Waals surface area contributed by atoms with Crippen LogP contribution in [0.3, 0.4) is 0 Å². The lowest BCUT2D eigenvalue weighted by Crippen LogP contribution is -2.36. The molecular weight excluding hydrogens is 542 g/mol. The highest BCUT2D eigenvalue weighted by molar-refractivity contribution is 6.06. The van der Waals surface area contributed by atoms with E-state index >= 15 is 4.39 Å². The second-order valence-electron chi connectivity index (χ2n) is 11.8. The molecule has 1 fully saturated rings. The van der Waals surface area contributed by atoms with Gasteiger partial charge in [0.05, 0.1) is 11.6 Å². The third-order valence-corrected chi connectivity index (χ3v) is 6.80. The quantitative estimate of drug-likeness (QED) is 0.268. The standard InChI is InChI=1S/C33H36F2N2O5/c1-18-14-26(30(17-24(18)21-7-8-21)41-29-12-9-22(34)13-19(29)2)31(39)36-23-10-11-27(35)25(16-23)28(15-20(3)38)37-32(40)42-33(4,5)6/h9-14,16-17,21,28H,7-8,15H2,1-6H3,(H,36,39)(H,37,40). The first-order valence-electron chi connectivity index (χ1n) is 13.9. The summed E-state index contributed by atoms with van der Waals surface area (Å²) in [5, 5.41) is 5.36. The molecule has 222 valence electrons. The molecule has 9 heteroatoms. The summed E-state index contributed by atoms with van der Waals surface area (Å²) < 4.78 is 40.2. The molecule has 7 nitrogen and oxygen atoms in total. The highest BCUT2D eigenvalue weighted by Crippen LogP contribution is 2.44. The fourth-order valence-electron chi connectivity index (χ4n) is 4.71. The fourth-order valence-corrected chi connectivity index (χ4v) is 4.71. The van der Waals surface area contributed by atoms with Crippen molar-refractivity contribution in [1.82, 2.24) is 5.32 Å². The van der Waals surface area contributed by atoms with Crippen molar-refractivity contribution in [3.05, 3.63) is 88.0 Å². The summed E-state index contributed by atoms with van der Waals surface area (Å²) in [7, 11) is 0. The van der Waals surface area contributed by atoms with Gasteiger partial charge in [-0.1, -0.05) is 0 Å². The number of halogens is 2. The molecule has 0 aromatic heterocycles. The van der Waals surface area contributed by atoms with Crippen molar-refractivity contribution in [2.45, 2.75) is 78.4 Å². The normalized spacial score (nSPS) is 13.7. The molecule has 0 radical (unpaired) electrons. The van der Waals surface area contributed by atoms with Crippen LogP contribution < -0.4 is 15.4 Å². The van der Waals surface area contributed by atoms with Crippen LogP contribution in [0.1, 0.15) is 91.5 Å². The number of rotatable bonds is 9. The largest absolute Gasteiger partial charge is 0.456 e. The van der Waals surface area contributed by atoms with Gasteiger partial charge >= 0.3 is 6.09 Å². The third-order valence-electron chi connectivity index (χ3n) is 6.80. The van der Waals surface area contributed by atoms with Crippen LogP contribution in [0.25, 0.3) is 0 Å². The summed E-state index contributed by atoms with van der Waals surface area (Å²) in [6, 6.07) is 10.7. The Morgan fingerprint density at radius 2 is 1.67 bits per heavy atom. The number of hydrogen-bond acceptors (Lipinski definition) is 5. The van der Waals surface area contributed by atoms with Gasteiger partial charge in [0.1, 0.15) is 34.5 Å². The van der Waals surface area contributed by atoms with Crippen molar-refractivity contribution in [1.29, 1.82) is 0 Å². The first-order chi connectivity index (χ1) is 19.7. The predicted molar refractivity (Wildman–Crippen MR) is 156 cm³/mol. The van der Waals surface area contributed by atoms with E-state index in [1.807, 2.05) is 13.0 Å². The molecule has 4 rings (SSSR count). The molecule has 1 saturated carbocycles. The van der Waals surface area contributed by atoms with Gasteiger partial charge in [-0.25, -0.2) is 13.6 Å². The maximum Gasteiger partial charge on any atom is 0.408 e. The van der Waals surface area contributed by atoms with Crippen LogP contribution in [0.15, 0.2) is 48.5 Å². The topological polar surface area (TPSA) is 93.7 Å². The number of benzene rings is 3. The van der Waals surface area contributed by atoms with Crippen LogP contribution in [0, 0.1) is 25.5 Å². The molecule has 42 heavy (non-hydrogen) atoms. The molecule has 1 atom stereocenters. The van der Waals surface area contributed by atoms with Crippen molar-refractivity contribution < 1.29 is 32.6 Å². The molecule has 2 N–H and O–H groups in total. The summed E-state index contributed by atoms with van der Waals surface area (Å²) in [6.45, 7) is 10.1. The number of anilines is 1. The Balaban J connectivity index is 1.64. The molecule has 0 aliphatic heterocycles. The monoisotopic (exact) mass is 578 g/mol. The van der Waals surface area contributed by atoms with Crippen molar-refractivity contribution in [3.63, 3.8) is 0 Å². The Kier molecular flexibility index (Phi) is 8.99. The summed E-state index contributed by atoms with van der Waals surface area (Å²) in [4.78, 5) is 38.0. The Bertz CT molecular complexity index is 1530. The highest BCUT2D eigenvalue weighted by atomic mass is 19.1. The molecule has 1 aliphatic rings. The zero-order valence-corrected chi connectivity index (χ0v) is 24.7. The zero-order valence-electron chi connectivity index (χ0n) is 24.7. The van der Waals surface area contributed by atoms with Crippen LogP contribution in [0.4, 0.5) is 19.3 Å². The second kappa shape index (κ2) is 12.3. The maximum absolute atomic E-state index is 15.0. The van der Waals surface area contributed by atoms with E-state index in [-0.39, 0.29) is 29.0 Å². The number of Topliss-reactive ketones (excluding diaryl/α,β-unsaturated/α-hetero) is 1. The van der Waals surface area contributed by atoms with Crippen LogP contribution >= 0.6 is 0 Å². The van der Waals surface area contributed by atoms with Crippen LogP contribution in [0.2, 0.25) is 0 Å². The van der Waals surface area contributed by atoms with Gasteiger partial charge < -0.3 is 20.1 Å². The van der Waals surface area contributed by atoms with Gasteiger partial charge in [0, 0.05) is 17.7 Å². The minimum absolute atomic E-state index is 0.0209. The number of ether oxygens (including phenoxy) is 2. The average Bonchev–Trinajstić information content (AvgIpc) is 3.71. The first kappa shape index (κ1) is 30.7. The van der Waals surface area contributed by atoms with Crippen molar-refractivity contribution in [3.8, 4) is 11.5 Å². The van der Waals surface area contributed by atoms with E-state index < -0.39 is 35.3 Å². The van der Waals surface area contributed by atoms with Gasteiger partial charge in [0.2, 0.25) is 0 Å². The third kappa shape index (κ3) is 7.93. The van der Waals surface area contributed by atoms with Crippen molar-refractivity contribution in [2.75, 3.05) is 5.32 Å². The number of alkyl carbamates (subject to hydrolysis) is 1. The molecule has 3 aromatic rings. The Labute approximate surface area is 244 Å². The van der Waals surface area contributed by atoms with E-state index in [2.05, 4.69) is 10.6 Å². The summed E-state index contributed by atoms with van der Waals surface area (Å²) in [5.41, 5.74) is 2.33. The van der Waals surface area contributed by atoms with E-state index in [0.717, 1.165) is 30.0 Å². The van der Waals surface area contributed by atoms with E-state index in [9.17, 15) is 18.8 Å². The lowest BCUT2D eigenvalue weighted by molar-refractivity contribution is -0.117. The van der Waals surface area contributed by atoms with Crippen molar-refractivity contribution >= 4 is 23.5 Å². The van der Waals surface area contributed by atoms with E-state index in [4.69, 9.17) is 9.47 Å². The minimum Gasteiger partial charge on any atom is -0.456 e. The number of carbonyl (C=O) groups is 3. The zero-order chi connectivity index (χ0) is 30.8. The maximum atomic E-state index is 15.0. The van der Waals surface area contributed by atoms with Gasteiger partial charge in [-0.15, -0.1) is 0 Å². The summed E-state index contributed by atoms with van der Waals surface area (Å²) >= 11 is 0. The number of aryl methyl sites for hydroxylation is 2. The molecule has 0 spiro atoms. The van der Waals surface area contributed by atoms with E-state index in [0.29, 0.717) is 23.0 Å². The van der Waals surface area contributed by atoms with Gasteiger partial charge in [0.25, 0.3) is 5.91 Å². The number of amides is 2. The van der Waals surface area contributed by atoms with Crippen LogP contribution in [-0.4, -0.2) is 23.4 Å². The smallest absolute Gasteiger partial charge is 0.408 e.